The van der Waals surface area contributed by atoms with Gasteiger partial charge in [0.15, 0.2) is 0 Å². The van der Waals surface area contributed by atoms with Gasteiger partial charge in [0.1, 0.15) is 18.0 Å². The van der Waals surface area contributed by atoms with E-state index in [1.807, 2.05) is 0 Å². The van der Waals surface area contributed by atoms with Crippen molar-refractivity contribution >= 4 is 11.6 Å². The molecule has 0 spiro atoms. The predicted octanol–water partition coefficient (Wildman–Crippen LogP) is 2.07. The summed E-state index contributed by atoms with van der Waals surface area (Å²) in [7, 11) is 0. The average molecular weight is 266 g/mol. The van der Waals surface area contributed by atoms with E-state index in [0.29, 0.717) is 12.6 Å². The standard InChI is InChI=1S/C14H26N4O/c1-5-7-12-13(15-6-2)16-10-17-14(12)18(8-9-19)11(3)4/h10-11,19H,5-9H2,1-4H3,(H,15,16,17). The molecule has 0 aromatic carbocycles. The molecule has 0 saturated heterocycles. The quantitative estimate of drug-likeness (QED) is 0.754. The van der Waals surface area contributed by atoms with Gasteiger partial charge in [0.2, 0.25) is 0 Å². The van der Waals surface area contributed by atoms with Crippen molar-refractivity contribution in [2.75, 3.05) is 29.9 Å². The second-order valence-corrected chi connectivity index (χ2v) is 4.82. The molecule has 0 amide bonds. The molecule has 1 aromatic rings. The lowest BCUT2D eigenvalue weighted by molar-refractivity contribution is 0.298. The number of rotatable bonds is 8. The van der Waals surface area contributed by atoms with Gasteiger partial charge in [0, 0.05) is 24.7 Å². The summed E-state index contributed by atoms with van der Waals surface area (Å²) in [6.45, 7) is 10.0. The van der Waals surface area contributed by atoms with Crippen LogP contribution in [0, 0.1) is 0 Å². The highest BCUT2D eigenvalue weighted by atomic mass is 16.3. The van der Waals surface area contributed by atoms with Gasteiger partial charge in [-0.3, -0.25) is 0 Å². The van der Waals surface area contributed by atoms with Crippen molar-refractivity contribution in [3.8, 4) is 0 Å². The summed E-state index contributed by atoms with van der Waals surface area (Å²) >= 11 is 0. The van der Waals surface area contributed by atoms with Crippen LogP contribution in [0.15, 0.2) is 6.33 Å². The fourth-order valence-electron chi connectivity index (χ4n) is 2.17. The van der Waals surface area contributed by atoms with Crippen molar-refractivity contribution in [2.24, 2.45) is 0 Å². The first-order chi connectivity index (χ1) is 9.15. The van der Waals surface area contributed by atoms with Crippen LogP contribution < -0.4 is 10.2 Å². The lowest BCUT2D eigenvalue weighted by Crippen LogP contribution is -2.35. The van der Waals surface area contributed by atoms with Crippen molar-refractivity contribution in [2.45, 2.75) is 46.6 Å². The molecular weight excluding hydrogens is 240 g/mol. The van der Waals surface area contributed by atoms with Gasteiger partial charge in [-0.25, -0.2) is 9.97 Å². The van der Waals surface area contributed by atoms with Gasteiger partial charge in [-0.2, -0.15) is 0 Å². The summed E-state index contributed by atoms with van der Waals surface area (Å²) in [4.78, 5) is 10.9. The van der Waals surface area contributed by atoms with E-state index in [9.17, 15) is 5.11 Å². The Labute approximate surface area is 116 Å². The average Bonchev–Trinajstić information content (AvgIpc) is 2.38. The molecule has 0 atom stereocenters. The molecule has 1 heterocycles. The predicted molar refractivity (Wildman–Crippen MR) is 79.8 cm³/mol. The largest absolute Gasteiger partial charge is 0.395 e. The third kappa shape index (κ3) is 4.06. The first-order valence-corrected chi connectivity index (χ1v) is 7.10. The van der Waals surface area contributed by atoms with Crippen LogP contribution in [0.2, 0.25) is 0 Å². The van der Waals surface area contributed by atoms with Crippen LogP contribution in [-0.4, -0.2) is 40.8 Å². The molecule has 1 aromatic heterocycles. The maximum absolute atomic E-state index is 9.24. The normalized spacial score (nSPS) is 10.8. The van der Waals surface area contributed by atoms with Crippen molar-refractivity contribution in [1.82, 2.24) is 9.97 Å². The number of hydrogen-bond acceptors (Lipinski definition) is 5. The first-order valence-electron chi connectivity index (χ1n) is 7.10. The Morgan fingerprint density at radius 2 is 2.05 bits per heavy atom. The third-order valence-electron chi connectivity index (χ3n) is 3.00. The molecular formula is C14H26N4O. The highest BCUT2D eigenvalue weighted by molar-refractivity contribution is 5.59. The Balaban J connectivity index is 3.18. The zero-order valence-electron chi connectivity index (χ0n) is 12.5. The summed E-state index contributed by atoms with van der Waals surface area (Å²) < 4.78 is 0. The summed E-state index contributed by atoms with van der Waals surface area (Å²) in [5.41, 5.74) is 1.15. The fraction of sp³-hybridized carbons (Fsp3) is 0.714. The van der Waals surface area contributed by atoms with Gasteiger partial charge in [0.25, 0.3) is 0 Å². The van der Waals surface area contributed by atoms with Crippen LogP contribution in [0.1, 0.15) is 39.7 Å². The number of aliphatic hydroxyl groups is 1. The number of nitrogens with one attached hydrogen (secondary N) is 1. The van der Waals surface area contributed by atoms with Crippen LogP contribution in [-0.2, 0) is 6.42 Å². The van der Waals surface area contributed by atoms with Gasteiger partial charge in [-0.1, -0.05) is 13.3 Å². The molecule has 1 rings (SSSR count). The Bertz CT molecular complexity index is 382. The van der Waals surface area contributed by atoms with E-state index in [-0.39, 0.29) is 6.61 Å². The molecule has 0 fully saturated rings. The van der Waals surface area contributed by atoms with E-state index < -0.39 is 0 Å². The summed E-state index contributed by atoms with van der Waals surface area (Å²) in [5.74, 6) is 1.86. The Morgan fingerprint density at radius 1 is 1.32 bits per heavy atom. The molecule has 19 heavy (non-hydrogen) atoms. The van der Waals surface area contributed by atoms with Crippen LogP contribution >= 0.6 is 0 Å². The molecule has 108 valence electrons. The van der Waals surface area contributed by atoms with E-state index >= 15 is 0 Å². The number of aromatic nitrogens is 2. The Hall–Kier alpha value is -1.36. The molecule has 0 aliphatic rings. The van der Waals surface area contributed by atoms with Crippen molar-refractivity contribution in [3.05, 3.63) is 11.9 Å². The van der Waals surface area contributed by atoms with Crippen LogP contribution in [0.25, 0.3) is 0 Å². The van der Waals surface area contributed by atoms with Crippen molar-refractivity contribution in [3.63, 3.8) is 0 Å². The van der Waals surface area contributed by atoms with Crippen LogP contribution in [0.4, 0.5) is 11.6 Å². The smallest absolute Gasteiger partial charge is 0.137 e. The Morgan fingerprint density at radius 3 is 2.58 bits per heavy atom. The monoisotopic (exact) mass is 266 g/mol. The Kier molecular flexibility index (Phi) is 6.56. The van der Waals surface area contributed by atoms with E-state index in [0.717, 1.165) is 36.6 Å². The SMILES string of the molecule is CCCc1c(NCC)ncnc1N(CCO)C(C)C. The molecule has 0 bridgehead atoms. The van der Waals surface area contributed by atoms with Gasteiger partial charge in [-0.05, 0) is 27.2 Å². The molecule has 5 nitrogen and oxygen atoms in total. The summed E-state index contributed by atoms with van der Waals surface area (Å²) in [6, 6.07) is 0.298. The highest BCUT2D eigenvalue weighted by Crippen LogP contribution is 2.26. The molecule has 0 saturated carbocycles. The second kappa shape index (κ2) is 7.94. The van der Waals surface area contributed by atoms with E-state index in [1.165, 1.54) is 0 Å². The zero-order chi connectivity index (χ0) is 14.3. The number of nitrogens with zero attached hydrogens (tertiary/aromatic N) is 3. The zero-order valence-corrected chi connectivity index (χ0v) is 12.5. The molecule has 2 N–H and O–H groups in total. The maximum atomic E-state index is 9.24. The molecule has 0 aliphatic carbocycles. The van der Waals surface area contributed by atoms with Gasteiger partial charge in [0.05, 0.1) is 6.61 Å². The van der Waals surface area contributed by atoms with E-state index in [1.54, 1.807) is 6.33 Å². The minimum Gasteiger partial charge on any atom is -0.395 e. The summed E-state index contributed by atoms with van der Waals surface area (Å²) in [6.07, 6.45) is 3.58. The third-order valence-corrected chi connectivity index (χ3v) is 3.00. The van der Waals surface area contributed by atoms with E-state index in [2.05, 4.69) is 47.9 Å². The topological polar surface area (TPSA) is 61.3 Å². The summed E-state index contributed by atoms with van der Waals surface area (Å²) in [5, 5.41) is 12.5. The lowest BCUT2D eigenvalue weighted by Gasteiger charge is -2.29. The number of anilines is 2. The molecule has 0 aliphatic heterocycles. The fourth-order valence-corrected chi connectivity index (χ4v) is 2.17. The van der Waals surface area contributed by atoms with Crippen molar-refractivity contribution in [1.29, 1.82) is 0 Å². The number of hydrogen-bond donors (Lipinski definition) is 2. The minimum absolute atomic E-state index is 0.129. The molecule has 5 heteroatoms. The van der Waals surface area contributed by atoms with Gasteiger partial charge < -0.3 is 15.3 Å². The molecule has 0 unspecified atom stereocenters. The van der Waals surface area contributed by atoms with Gasteiger partial charge >= 0.3 is 0 Å². The second-order valence-electron chi connectivity index (χ2n) is 4.82. The van der Waals surface area contributed by atoms with Crippen molar-refractivity contribution < 1.29 is 5.11 Å². The van der Waals surface area contributed by atoms with Gasteiger partial charge in [-0.15, -0.1) is 0 Å². The number of aliphatic hydroxyl groups excluding tert-OH is 1. The minimum atomic E-state index is 0.129. The van der Waals surface area contributed by atoms with E-state index in [4.69, 9.17) is 0 Å². The van der Waals surface area contributed by atoms with Crippen LogP contribution in [0.5, 0.6) is 0 Å². The highest BCUT2D eigenvalue weighted by Gasteiger charge is 2.18. The first kappa shape index (κ1) is 15.7. The molecule has 0 radical (unpaired) electrons. The maximum Gasteiger partial charge on any atom is 0.137 e. The van der Waals surface area contributed by atoms with Crippen LogP contribution in [0.3, 0.4) is 0 Å². The lowest BCUT2D eigenvalue weighted by atomic mass is 10.1.